The van der Waals surface area contributed by atoms with E-state index in [0.717, 1.165) is 0 Å². The zero-order valence-corrected chi connectivity index (χ0v) is 8.49. The molecule has 0 saturated heterocycles. The standard InChI is InChI=1S/2CH4.4H3P/h2*1H4;4*1H3. The summed E-state index contributed by atoms with van der Waals surface area (Å²) < 4.78 is 0. The predicted molar refractivity (Wildman–Crippen MR) is 57.9 cm³/mol. The van der Waals surface area contributed by atoms with Crippen molar-refractivity contribution < 1.29 is 0 Å². The molecule has 0 radical (unpaired) electrons. The summed E-state index contributed by atoms with van der Waals surface area (Å²) in [6.45, 7) is 0. The van der Waals surface area contributed by atoms with Crippen molar-refractivity contribution in [1.29, 1.82) is 0 Å². The minimum Gasteiger partial charge on any atom is -0.153 e. The molecule has 0 heterocycles. The Balaban J connectivity index is 0. The van der Waals surface area contributed by atoms with Gasteiger partial charge in [0.1, 0.15) is 0 Å². The van der Waals surface area contributed by atoms with Crippen molar-refractivity contribution >= 4 is 39.6 Å². The summed E-state index contributed by atoms with van der Waals surface area (Å²) in [4.78, 5) is 0. The monoisotopic (exact) mass is 168 g/mol. The second kappa shape index (κ2) is 74.3. The lowest BCUT2D eigenvalue weighted by Crippen LogP contribution is 0.143. The molecule has 0 bridgehead atoms. The van der Waals surface area contributed by atoms with Crippen LogP contribution in [0.5, 0.6) is 0 Å². The first kappa shape index (κ1) is 118. The van der Waals surface area contributed by atoms with Crippen LogP contribution in [0.25, 0.3) is 0 Å². The fourth-order valence-electron chi connectivity index (χ4n) is 0. The third-order valence-electron chi connectivity index (χ3n) is 0. The topological polar surface area (TPSA) is 0 Å². The van der Waals surface area contributed by atoms with Gasteiger partial charge < -0.3 is 0 Å². The Bertz CT molecular complexity index is 5.51. The molecule has 0 saturated carbocycles. The van der Waals surface area contributed by atoms with Crippen molar-refractivity contribution in [2.45, 2.75) is 14.9 Å². The molecule has 0 spiro atoms. The van der Waals surface area contributed by atoms with Crippen molar-refractivity contribution in [1.82, 2.24) is 0 Å². The molecule has 48 valence electrons. The Morgan fingerprint density at radius 2 is 0.333 bits per heavy atom. The molecule has 4 atom stereocenters. The van der Waals surface area contributed by atoms with Crippen molar-refractivity contribution in [3.05, 3.63) is 0 Å². The maximum atomic E-state index is 0. The molecule has 0 rings (SSSR count). The fourth-order valence-corrected chi connectivity index (χ4v) is 0. The quantitative estimate of drug-likeness (QED) is 0.481. The van der Waals surface area contributed by atoms with Gasteiger partial charge in [0.05, 0.1) is 0 Å². The Labute approximate surface area is 55.1 Å². The van der Waals surface area contributed by atoms with Crippen molar-refractivity contribution in [3.63, 3.8) is 0 Å². The molecule has 0 aliphatic heterocycles. The highest BCUT2D eigenvalue weighted by atomic mass is 31.0. The average molecular weight is 168 g/mol. The molecule has 4 unspecified atom stereocenters. The van der Waals surface area contributed by atoms with Gasteiger partial charge in [-0.2, -0.15) is 39.6 Å². The largest absolute Gasteiger partial charge is 0.153 e. The number of hydrogen-bond acceptors (Lipinski definition) is 0. The van der Waals surface area contributed by atoms with Crippen LogP contribution in [0, 0.1) is 0 Å². The lowest BCUT2D eigenvalue weighted by molar-refractivity contribution is 2.50. The van der Waals surface area contributed by atoms with Crippen LogP contribution in [0.15, 0.2) is 0 Å². The maximum Gasteiger partial charge on any atom is -0.0776 e. The van der Waals surface area contributed by atoms with E-state index in [1.165, 1.54) is 0 Å². The molecule has 4 heteroatoms. The molecular formula is C2H20P4. The summed E-state index contributed by atoms with van der Waals surface area (Å²) in [6.07, 6.45) is 0. The molecule has 0 aromatic heterocycles. The van der Waals surface area contributed by atoms with E-state index in [2.05, 4.69) is 0 Å². The van der Waals surface area contributed by atoms with Gasteiger partial charge in [0, 0.05) is 0 Å². The third-order valence-corrected chi connectivity index (χ3v) is 0. The van der Waals surface area contributed by atoms with Gasteiger partial charge in [0.2, 0.25) is 0 Å². The van der Waals surface area contributed by atoms with Crippen LogP contribution in [0.2, 0.25) is 0 Å². The first-order chi connectivity index (χ1) is 0. The summed E-state index contributed by atoms with van der Waals surface area (Å²) in [5, 5.41) is 0. The zero-order valence-electron chi connectivity index (χ0n) is 2.83. The highest BCUT2D eigenvalue weighted by Crippen LogP contribution is 0.864. The SMILES string of the molecule is C.C.P.P.P.P. The minimum atomic E-state index is 0. The van der Waals surface area contributed by atoms with E-state index in [0.29, 0.717) is 0 Å². The summed E-state index contributed by atoms with van der Waals surface area (Å²) in [6, 6.07) is 0. The van der Waals surface area contributed by atoms with Gasteiger partial charge in [0.25, 0.3) is 0 Å². The van der Waals surface area contributed by atoms with Gasteiger partial charge in [-0.3, -0.25) is 0 Å². The normalized spacial score (nSPS) is 0. The van der Waals surface area contributed by atoms with E-state index >= 15 is 0 Å². The van der Waals surface area contributed by atoms with Gasteiger partial charge >= 0.3 is 0 Å². The van der Waals surface area contributed by atoms with Gasteiger partial charge in [-0.25, -0.2) is 0 Å². The molecule has 0 fully saturated rings. The lowest BCUT2D eigenvalue weighted by atomic mass is 12.0. The molecule has 0 nitrogen and oxygen atoms in total. The minimum absolute atomic E-state index is 0. The third kappa shape index (κ3) is 43.1. The molecule has 0 aliphatic rings. The van der Waals surface area contributed by atoms with Gasteiger partial charge in [-0.15, -0.1) is 0 Å². The summed E-state index contributed by atoms with van der Waals surface area (Å²) >= 11 is 0. The van der Waals surface area contributed by atoms with E-state index in [1.807, 2.05) is 0 Å². The second-order valence-corrected chi connectivity index (χ2v) is 0. The van der Waals surface area contributed by atoms with Crippen LogP contribution in [0.3, 0.4) is 0 Å². The molecular weight excluding hydrogens is 148 g/mol. The van der Waals surface area contributed by atoms with Crippen LogP contribution in [0.4, 0.5) is 0 Å². The fraction of sp³-hybridized carbons (Fsp3) is 1.00. The first-order valence-corrected chi connectivity index (χ1v) is 0. The Morgan fingerprint density at radius 3 is 0.333 bits per heavy atom. The molecule has 6 heavy (non-hydrogen) atoms. The van der Waals surface area contributed by atoms with E-state index in [-0.39, 0.29) is 54.4 Å². The molecule has 0 aromatic rings. The first-order valence-electron chi connectivity index (χ1n) is 0. The number of rotatable bonds is 0. The predicted octanol–water partition coefficient (Wildman–Crippen LogP) is 1.50. The Hall–Kier alpha value is 1.72. The van der Waals surface area contributed by atoms with Gasteiger partial charge in [0.15, 0.2) is 0 Å². The van der Waals surface area contributed by atoms with E-state index in [1.54, 1.807) is 0 Å². The molecule has 0 aliphatic carbocycles. The molecule has 0 N–H and O–H groups in total. The van der Waals surface area contributed by atoms with Crippen LogP contribution in [0.1, 0.15) is 14.9 Å². The Morgan fingerprint density at radius 1 is 0.333 bits per heavy atom. The summed E-state index contributed by atoms with van der Waals surface area (Å²) in [5.41, 5.74) is 0. The Kier molecular flexibility index (Phi) is 1460. The lowest BCUT2D eigenvalue weighted by Gasteiger charge is -0.154. The summed E-state index contributed by atoms with van der Waals surface area (Å²) in [5.74, 6) is 0. The molecule has 0 aromatic carbocycles. The zero-order chi connectivity index (χ0) is 0. The van der Waals surface area contributed by atoms with E-state index < -0.39 is 0 Å². The number of hydrogen-bond donors (Lipinski definition) is 0. The van der Waals surface area contributed by atoms with Crippen molar-refractivity contribution in [2.24, 2.45) is 0 Å². The summed E-state index contributed by atoms with van der Waals surface area (Å²) in [7, 11) is 0. The maximum absolute atomic E-state index is 0. The average Bonchev–Trinajstić information content (AvgIpc) is 0. The van der Waals surface area contributed by atoms with E-state index in [9.17, 15) is 0 Å². The van der Waals surface area contributed by atoms with Gasteiger partial charge in [-0.05, 0) is 0 Å². The van der Waals surface area contributed by atoms with Crippen LogP contribution in [-0.2, 0) is 0 Å². The van der Waals surface area contributed by atoms with Crippen molar-refractivity contribution in [2.75, 3.05) is 0 Å². The van der Waals surface area contributed by atoms with E-state index in [4.69, 9.17) is 0 Å². The van der Waals surface area contributed by atoms with Gasteiger partial charge in [-0.1, -0.05) is 14.9 Å². The second-order valence-electron chi connectivity index (χ2n) is 0. The van der Waals surface area contributed by atoms with Crippen LogP contribution < -0.4 is 0 Å². The molecule has 0 amide bonds. The van der Waals surface area contributed by atoms with Crippen LogP contribution >= 0.6 is 39.6 Å². The van der Waals surface area contributed by atoms with Crippen LogP contribution in [-0.4, -0.2) is 0 Å². The highest BCUT2D eigenvalue weighted by molar-refractivity contribution is 6.92. The highest BCUT2D eigenvalue weighted by Gasteiger charge is -0.0764. The van der Waals surface area contributed by atoms with Crippen molar-refractivity contribution in [3.8, 4) is 0 Å². The smallest absolute Gasteiger partial charge is 0.0776 e.